The number of aliphatic hydroxyl groups is 1. The van der Waals surface area contributed by atoms with E-state index in [2.05, 4.69) is 27.7 Å². The molecule has 5 nitrogen and oxygen atoms in total. The van der Waals surface area contributed by atoms with E-state index in [4.69, 9.17) is 11.6 Å². The highest BCUT2D eigenvalue weighted by Gasteiger charge is 2.24. The monoisotopic (exact) mass is 415 g/mol. The first kappa shape index (κ1) is 21.6. The number of carbonyl (C=O) groups excluding carboxylic acids is 1. The van der Waals surface area contributed by atoms with E-state index in [0.717, 1.165) is 42.1 Å². The Hall–Kier alpha value is -2.08. The second-order valence-corrected chi connectivity index (χ2v) is 8.35. The van der Waals surface area contributed by atoms with Crippen LogP contribution in [0.15, 0.2) is 42.5 Å². The molecular weight excluding hydrogens is 386 g/mol. The average Bonchev–Trinajstić information content (AvgIpc) is 2.71. The quantitative estimate of drug-likeness (QED) is 0.655. The van der Waals surface area contributed by atoms with Gasteiger partial charge in [-0.3, -0.25) is 0 Å². The Kier molecular flexibility index (Phi) is 7.53. The van der Waals surface area contributed by atoms with Gasteiger partial charge in [0.2, 0.25) is 0 Å². The molecule has 6 heteroatoms. The lowest BCUT2D eigenvalue weighted by Gasteiger charge is -2.34. The number of carbonyl (C=O) groups is 1. The van der Waals surface area contributed by atoms with Crippen LogP contribution in [0.4, 0.5) is 10.5 Å². The summed E-state index contributed by atoms with van der Waals surface area (Å²) in [6.45, 7) is 4.49. The van der Waals surface area contributed by atoms with Crippen LogP contribution in [-0.2, 0) is 6.42 Å². The van der Waals surface area contributed by atoms with Gasteiger partial charge in [0.25, 0.3) is 0 Å². The first-order valence-corrected chi connectivity index (χ1v) is 10.6. The van der Waals surface area contributed by atoms with E-state index in [-0.39, 0.29) is 6.03 Å². The van der Waals surface area contributed by atoms with Crippen LogP contribution in [0.3, 0.4) is 0 Å². The van der Waals surface area contributed by atoms with Crippen LogP contribution in [0.2, 0.25) is 5.02 Å². The number of aryl methyl sites for hydroxylation is 1. The summed E-state index contributed by atoms with van der Waals surface area (Å²) in [5, 5.41) is 17.1. The molecule has 0 bridgehead atoms. The van der Waals surface area contributed by atoms with Crippen LogP contribution in [0.1, 0.15) is 35.6 Å². The molecule has 2 aromatic rings. The fourth-order valence-corrected chi connectivity index (χ4v) is 4.16. The number of urea groups is 1. The minimum absolute atomic E-state index is 0.289. The minimum atomic E-state index is -0.656. The molecule has 2 atom stereocenters. The molecule has 2 amide bonds. The van der Waals surface area contributed by atoms with Gasteiger partial charge in [-0.15, -0.1) is 0 Å². The Labute approximate surface area is 178 Å². The molecule has 3 rings (SSSR count). The molecule has 0 saturated carbocycles. The Balaban J connectivity index is 1.64. The van der Waals surface area contributed by atoms with E-state index in [1.54, 1.807) is 7.05 Å². The smallest absolute Gasteiger partial charge is 0.318 e. The van der Waals surface area contributed by atoms with Gasteiger partial charge in [-0.25, -0.2) is 4.79 Å². The zero-order valence-electron chi connectivity index (χ0n) is 17.1. The summed E-state index contributed by atoms with van der Waals surface area (Å²) in [5.41, 5.74) is 3.77. The minimum Gasteiger partial charge on any atom is -0.387 e. The Morgan fingerprint density at radius 1 is 1.28 bits per heavy atom. The van der Waals surface area contributed by atoms with Crippen molar-refractivity contribution in [3.63, 3.8) is 0 Å². The van der Waals surface area contributed by atoms with Gasteiger partial charge >= 0.3 is 6.03 Å². The molecule has 0 aromatic heterocycles. The van der Waals surface area contributed by atoms with E-state index >= 15 is 0 Å². The maximum atomic E-state index is 11.7. The number of nitrogens with zero attached hydrogens (tertiary/aromatic N) is 1. The lowest BCUT2D eigenvalue weighted by molar-refractivity contribution is 0.0847. The van der Waals surface area contributed by atoms with Crippen molar-refractivity contribution in [3.8, 4) is 0 Å². The number of hydrogen-bond acceptors (Lipinski definition) is 3. The van der Waals surface area contributed by atoms with Crippen molar-refractivity contribution in [2.45, 2.75) is 32.3 Å². The highest BCUT2D eigenvalue weighted by atomic mass is 35.5. The summed E-state index contributed by atoms with van der Waals surface area (Å²) in [6, 6.07) is 13.5. The number of likely N-dealkylation sites (tertiary alicyclic amines) is 1. The number of aliphatic hydroxyl groups excluding tert-OH is 1. The standard InChI is InChI=1S/C23H30ClN3O2/c1-16-5-10-21(26-23(29)25-2)20(12-16)22(28)15-27-11-3-4-18(14-27)13-17-6-8-19(24)9-7-17/h5-10,12,18,22,28H,3-4,11,13-15H2,1-2H3,(H2,25,26,29). The maximum absolute atomic E-state index is 11.7. The van der Waals surface area contributed by atoms with Crippen molar-refractivity contribution in [1.82, 2.24) is 10.2 Å². The van der Waals surface area contributed by atoms with Gasteiger partial charge in [-0.2, -0.15) is 0 Å². The number of benzene rings is 2. The number of hydrogen-bond donors (Lipinski definition) is 3. The normalized spacial score (nSPS) is 18.3. The summed E-state index contributed by atoms with van der Waals surface area (Å²) < 4.78 is 0. The lowest BCUT2D eigenvalue weighted by atomic mass is 9.91. The molecule has 1 aliphatic rings. The summed E-state index contributed by atoms with van der Waals surface area (Å²) in [7, 11) is 1.58. The predicted molar refractivity (Wildman–Crippen MR) is 119 cm³/mol. The zero-order valence-corrected chi connectivity index (χ0v) is 17.9. The van der Waals surface area contributed by atoms with Crippen molar-refractivity contribution in [2.24, 2.45) is 5.92 Å². The van der Waals surface area contributed by atoms with E-state index in [9.17, 15) is 9.90 Å². The van der Waals surface area contributed by atoms with Gasteiger partial charge in [-0.1, -0.05) is 41.4 Å². The highest BCUT2D eigenvalue weighted by Crippen LogP contribution is 2.28. The predicted octanol–water partition coefficient (Wildman–Crippen LogP) is 4.39. The average molecular weight is 416 g/mol. The highest BCUT2D eigenvalue weighted by molar-refractivity contribution is 6.30. The topological polar surface area (TPSA) is 64.6 Å². The van der Waals surface area contributed by atoms with Gasteiger partial charge in [0.15, 0.2) is 0 Å². The number of halogens is 1. The van der Waals surface area contributed by atoms with Crippen LogP contribution < -0.4 is 10.6 Å². The second kappa shape index (κ2) is 10.1. The Morgan fingerprint density at radius 3 is 2.76 bits per heavy atom. The van der Waals surface area contributed by atoms with Crippen molar-refractivity contribution in [3.05, 3.63) is 64.2 Å². The van der Waals surface area contributed by atoms with Crippen molar-refractivity contribution in [2.75, 3.05) is 32.0 Å². The molecule has 1 heterocycles. The number of piperidine rings is 1. The molecule has 1 saturated heterocycles. The second-order valence-electron chi connectivity index (χ2n) is 7.91. The Bertz CT molecular complexity index is 825. The van der Waals surface area contributed by atoms with E-state index in [1.165, 1.54) is 12.0 Å². The number of rotatable bonds is 6. The van der Waals surface area contributed by atoms with Crippen molar-refractivity contribution >= 4 is 23.3 Å². The van der Waals surface area contributed by atoms with Crippen LogP contribution in [-0.4, -0.2) is 42.7 Å². The van der Waals surface area contributed by atoms with Crippen molar-refractivity contribution in [1.29, 1.82) is 0 Å². The number of anilines is 1. The third-order valence-electron chi connectivity index (χ3n) is 5.51. The van der Waals surface area contributed by atoms with E-state index in [1.807, 2.05) is 37.3 Å². The SMILES string of the molecule is CNC(=O)Nc1ccc(C)cc1C(O)CN1CCCC(Cc2ccc(Cl)cc2)C1. The van der Waals surface area contributed by atoms with Gasteiger partial charge in [0.1, 0.15) is 0 Å². The first-order valence-electron chi connectivity index (χ1n) is 10.2. The molecule has 0 aliphatic carbocycles. The van der Waals surface area contributed by atoms with Crippen LogP contribution in [0.5, 0.6) is 0 Å². The molecule has 3 N–H and O–H groups in total. The molecule has 1 aliphatic heterocycles. The van der Waals surface area contributed by atoms with Gasteiger partial charge in [0.05, 0.1) is 6.10 Å². The Morgan fingerprint density at radius 2 is 2.03 bits per heavy atom. The summed E-state index contributed by atoms with van der Waals surface area (Å²) in [5.74, 6) is 0.568. The molecular formula is C23H30ClN3O2. The fraction of sp³-hybridized carbons (Fsp3) is 0.435. The number of nitrogens with one attached hydrogen (secondary N) is 2. The van der Waals surface area contributed by atoms with Crippen molar-refractivity contribution < 1.29 is 9.90 Å². The number of amides is 2. The summed E-state index contributed by atoms with van der Waals surface area (Å²) in [6.07, 6.45) is 2.69. The van der Waals surface area contributed by atoms with Gasteiger partial charge < -0.3 is 20.6 Å². The number of β-amino-alcohol motifs (C(OH)–C–C–N with tert-alkyl or cyclic N) is 1. The molecule has 0 radical (unpaired) electrons. The zero-order chi connectivity index (χ0) is 20.8. The third-order valence-corrected chi connectivity index (χ3v) is 5.77. The van der Waals surface area contributed by atoms with E-state index in [0.29, 0.717) is 18.2 Å². The molecule has 156 valence electrons. The maximum Gasteiger partial charge on any atom is 0.318 e. The van der Waals surface area contributed by atoms with Crippen LogP contribution in [0, 0.1) is 12.8 Å². The van der Waals surface area contributed by atoms with Crippen LogP contribution >= 0.6 is 11.6 Å². The third kappa shape index (κ3) is 6.20. The first-order chi connectivity index (χ1) is 13.9. The molecule has 29 heavy (non-hydrogen) atoms. The summed E-state index contributed by atoms with van der Waals surface area (Å²) >= 11 is 5.99. The largest absolute Gasteiger partial charge is 0.387 e. The van der Waals surface area contributed by atoms with Gasteiger partial charge in [0, 0.05) is 36.4 Å². The fourth-order valence-electron chi connectivity index (χ4n) is 4.04. The van der Waals surface area contributed by atoms with E-state index < -0.39 is 6.10 Å². The molecule has 1 fully saturated rings. The molecule has 2 aromatic carbocycles. The summed E-state index contributed by atoms with van der Waals surface area (Å²) in [4.78, 5) is 14.1. The molecule has 0 spiro atoms. The van der Waals surface area contributed by atoms with Crippen LogP contribution in [0.25, 0.3) is 0 Å². The van der Waals surface area contributed by atoms with Gasteiger partial charge in [-0.05, 0) is 62.4 Å². The lowest BCUT2D eigenvalue weighted by Crippen LogP contribution is -2.39. The molecule has 2 unspecified atom stereocenters.